The van der Waals surface area contributed by atoms with E-state index in [1.165, 1.54) is 5.57 Å². The highest BCUT2D eigenvalue weighted by Crippen LogP contribution is 2.41. The second kappa shape index (κ2) is 8.79. The molecule has 1 aromatic carbocycles. The van der Waals surface area contributed by atoms with E-state index in [1.807, 2.05) is 44.2 Å². The SMILES string of the molecule is CC(C)=CCCN1CC2CCC(C1)C2OC(=O)C(O)(c1ccccc1)C(C)C. The molecule has 0 spiro atoms. The van der Waals surface area contributed by atoms with Gasteiger partial charge in [-0.3, -0.25) is 0 Å². The summed E-state index contributed by atoms with van der Waals surface area (Å²) in [7, 11) is 0. The van der Waals surface area contributed by atoms with Crippen LogP contribution in [-0.4, -0.2) is 41.7 Å². The first-order valence-electron chi connectivity index (χ1n) is 10.7. The number of esters is 1. The third-order valence-corrected chi connectivity index (χ3v) is 6.42. The van der Waals surface area contributed by atoms with Crippen molar-refractivity contribution in [2.45, 2.75) is 58.7 Å². The molecule has 1 aromatic rings. The standard InChI is InChI=1S/C24H35NO3/c1-17(2)9-8-14-25-15-19-12-13-20(16-25)22(19)28-23(26)24(27,18(3)4)21-10-6-5-7-11-21/h5-7,9-11,18-20,22,27H,8,12-16H2,1-4H3. The molecule has 4 nitrogen and oxygen atoms in total. The molecule has 1 saturated carbocycles. The molecule has 0 amide bonds. The van der Waals surface area contributed by atoms with E-state index in [0.29, 0.717) is 17.4 Å². The number of hydrogen-bond donors (Lipinski definition) is 1. The predicted molar refractivity (Wildman–Crippen MR) is 112 cm³/mol. The number of carbonyl (C=O) groups is 1. The van der Waals surface area contributed by atoms with Gasteiger partial charge in [-0.25, -0.2) is 4.79 Å². The number of ether oxygens (including phenoxy) is 1. The van der Waals surface area contributed by atoms with Crippen LogP contribution in [0.4, 0.5) is 0 Å². The van der Waals surface area contributed by atoms with Gasteiger partial charge in [0.25, 0.3) is 0 Å². The van der Waals surface area contributed by atoms with Crippen LogP contribution >= 0.6 is 0 Å². The first kappa shape index (κ1) is 21.1. The van der Waals surface area contributed by atoms with Crippen molar-refractivity contribution < 1.29 is 14.6 Å². The maximum Gasteiger partial charge on any atom is 0.343 e. The van der Waals surface area contributed by atoms with E-state index in [1.54, 1.807) is 0 Å². The first-order valence-corrected chi connectivity index (χ1v) is 10.7. The zero-order valence-electron chi connectivity index (χ0n) is 17.7. The van der Waals surface area contributed by atoms with Crippen molar-refractivity contribution in [1.29, 1.82) is 0 Å². The molecular formula is C24H35NO3. The molecule has 154 valence electrons. The van der Waals surface area contributed by atoms with Crippen molar-refractivity contribution in [1.82, 2.24) is 4.90 Å². The van der Waals surface area contributed by atoms with E-state index in [9.17, 15) is 9.90 Å². The Labute approximate surface area is 169 Å². The summed E-state index contributed by atoms with van der Waals surface area (Å²) in [4.78, 5) is 15.6. The average Bonchev–Trinajstić information content (AvgIpc) is 2.89. The van der Waals surface area contributed by atoms with Gasteiger partial charge >= 0.3 is 5.97 Å². The molecule has 1 aliphatic heterocycles. The highest BCUT2D eigenvalue weighted by atomic mass is 16.6. The van der Waals surface area contributed by atoms with Gasteiger partial charge in [-0.1, -0.05) is 55.8 Å². The Balaban J connectivity index is 1.67. The molecule has 0 aromatic heterocycles. The molecule has 1 aliphatic carbocycles. The number of nitrogens with zero attached hydrogens (tertiary/aromatic N) is 1. The molecule has 1 heterocycles. The summed E-state index contributed by atoms with van der Waals surface area (Å²) in [5.41, 5.74) is 0.378. The quantitative estimate of drug-likeness (QED) is 0.566. The van der Waals surface area contributed by atoms with Crippen molar-refractivity contribution in [3.63, 3.8) is 0 Å². The second-order valence-electron chi connectivity index (χ2n) is 9.08. The third kappa shape index (κ3) is 4.33. The lowest BCUT2D eigenvalue weighted by Gasteiger charge is -2.39. The van der Waals surface area contributed by atoms with Crippen LogP contribution in [0, 0.1) is 17.8 Å². The minimum absolute atomic E-state index is 0.0683. The third-order valence-electron chi connectivity index (χ3n) is 6.42. The minimum atomic E-state index is -1.60. The number of rotatable bonds is 7. The fourth-order valence-electron chi connectivity index (χ4n) is 4.77. The lowest BCUT2D eigenvalue weighted by molar-refractivity contribution is -0.184. The molecule has 2 aliphatic rings. The lowest BCUT2D eigenvalue weighted by atomic mass is 9.83. The number of carbonyl (C=O) groups excluding carboxylic acids is 1. The summed E-state index contributed by atoms with van der Waals surface area (Å²) in [6, 6.07) is 9.21. The van der Waals surface area contributed by atoms with E-state index < -0.39 is 11.6 Å². The van der Waals surface area contributed by atoms with Crippen LogP contribution < -0.4 is 0 Å². The topological polar surface area (TPSA) is 49.8 Å². The van der Waals surface area contributed by atoms with Gasteiger partial charge in [-0.2, -0.15) is 0 Å². The van der Waals surface area contributed by atoms with Crippen LogP contribution in [0.2, 0.25) is 0 Å². The number of piperidine rings is 1. The predicted octanol–water partition coefficient (Wildman–Crippen LogP) is 4.14. The Morgan fingerprint density at radius 1 is 1.21 bits per heavy atom. The normalized spacial score (nSPS) is 26.7. The van der Waals surface area contributed by atoms with Crippen LogP contribution in [0.3, 0.4) is 0 Å². The molecule has 1 saturated heterocycles. The van der Waals surface area contributed by atoms with Crippen molar-refractivity contribution in [3.05, 3.63) is 47.5 Å². The maximum absolute atomic E-state index is 13.1. The van der Waals surface area contributed by atoms with Crippen LogP contribution in [0.15, 0.2) is 42.0 Å². The molecule has 2 fully saturated rings. The van der Waals surface area contributed by atoms with Crippen molar-refractivity contribution in [2.75, 3.05) is 19.6 Å². The Morgan fingerprint density at radius 2 is 1.82 bits per heavy atom. The van der Waals surface area contributed by atoms with E-state index in [-0.39, 0.29) is 12.0 Å². The van der Waals surface area contributed by atoms with Gasteiger partial charge in [0.05, 0.1) is 0 Å². The first-order chi connectivity index (χ1) is 13.3. The fraction of sp³-hybridized carbons (Fsp3) is 0.625. The number of hydrogen-bond acceptors (Lipinski definition) is 4. The number of benzene rings is 1. The van der Waals surface area contributed by atoms with Gasteiger partial charge in [0.2, 0.25) is 0 Å². The molecule has 0 radical (unpaired) electrons. The van der Waals surface area contributed by atoms with Gasteiger partial charge in [-0.05, 0) is 44.6 Å². The molecule has 3 rings (SSSR count). The van der Waals surface area contributed by atoms with E-state index in [0.717, 1.165) is 38.9 Å². The summed E-state index contributed by atoms with van der Waals surface area (Å²) in [5, 5.41) is 11.3. The number of fused-ring (bicyclic) bond motifs is 2. The van der Waals surface area contributed by atoms with E-state index in [4.69, 9.17) is 4.74 Å². The molecule has 28 heavy (non-hydrogen) atoms. The number of aliphatic hydroxyl groups is 1. The highest BCUT2D eigenvalue weighted by Gasteiger charge is 2.49. The molecule has 3 unspecified atom stereocenters. The minimum Gasteiger partial charge on any atom is -0.459 e. The van der Waals surface area contributed by atoms with Gasteiger partial charge in [-0.15, -0.1) is 0 Å². The Bertz CT molecular complexity index is 681. The van der Waals surface area contributed by atoms with Gasteiger partial charge in [0, 0.05) is 31.5 Å². The van der Waals surface area contributed by atoms with Gasteiger partial charge in [0.15, 0.2) is 5.60 Å². The number of allylic oxidation sites excluding steroid dienone is 1. The molecular weight excluding hydrogens is 350 g/mol. The highest BCUT2D eigenvalue weighted by molar-refractivity contribution is 5.81. The monoisotopic (exact) mass is 385 g/mol. The smallest absolute Gasteiger partial charge is 0.343 e. The van der Waals surface area contributed by atoms with Crippen LogP contribution in [0.25, 0.3) is 0 Å². The summed E-state index contributed by atoms with van der Waals surface area (Å²) in [5.74, 6) is 0.000909. The Kier molecular flexibility index (Phi) is 6.61. The molecule has 1 N–H and O–H groups in total. The fourth-order valence-corrected chi connectivity index (χ4v) is 4.77. The van der Waals surface area contributed by atoms with Crippen LogP contribution in [0.5, 0.6) is 0 Å². The van der Waals surface area contributed by atoms with Crippen LogP contribution in [0.1, 0.15) is 52.5 Å². The van der Waals surface area contributed by atoms with Crippen molar-refractivity contribution >= 4 is 5.97 Å². The molecule has 4 heteroatoms. The van der Waals surface area contributed by atoms with Crippen LogP contribution in [-0.2, 0) is 15.1 Å². The summed E-state index contributed by atoms with van der Waals surface area (Å²) in [6.07, 6.45) is 5.51. The number of likely N-dealkylation sites (tertiary alicyclic amines) is 1. The van der Waals surface area contributed by atoms with E-state index >= 15 is 0 Å². The van der Waals surface area contributed by atoms with Gasteiger partial charge in [0.1, 0.15) is 6.10 Å². The zero-order valence-corrected chi connectivity index (χ0v) is 17.7. The maximum atomic E-state index is 13.1. The van der Waals surface area contributed by atoms with Gasteiger partial charge < -0.3 is 14.7 Å². The lowest BCUT2D eigenvalue weighted by Crippen LogP contribution is -2.50. The zero-order chi connectivity index (χ0) is 20.3. The summed E-state index contributed by atoms with van der Waals surface area (Å²) < 4.78 is 6.02. The average molecular weight is 386 g/mol. The van der Waals surface area contributed by atoms with E-state index in [2.05, 4.69) is 24.8 Å². The second-order valence-corrected chi connectivity index (χ2v) is 9.08. The Hall–Kier alpha value is -1.65. The van der Waals surface area contributed by atoms with Crippen molar-refractivity contribution in [2.24, 2.45) is 17.8 Å². The Morgan fingerprint density at radius 3 is 2.36 bits per heavy atom. The van der Waals surface area contributed by atoms with Crippen molar-refractivity contribution in [3.8, 4) is 0 Å². The summed E-state index contributed by atoms with van der Waals surface area (Å²) >= 11 is 0. The molecule has 2 bridgehead atoms. The molecule has 3 atom stereocenters. The summed E-state index contributed by atoms with van der Waals surface area (Å²) in [6.45, 7) is 11.0. The largest absolute Gasteiger partial charge is 0.459 e.